The number of ether oxygens (including phenoxy) is 2. The molecule has 0 aromatic heterocycles. The number of rotatable bonds is 5. The summed E-state index contributed by atoms with van der Waals surface area (Å²) >= 11 is 5.13. The fraction of sp³-hybridized carbons (Fsp3) is 0.611. The zero-order valence-corrected chi connectivity index (χ0v) is 17.0. The summed E-state index contributed by atoms with van der Waals surface area (Å²) in [5.41, 5.74) is -0.429. The lowest BCUT2D eigenvalue weighted by atomic mass is 9.98. The molecule has 1 aliphatic rings. The first-order valence-corrected chi connectivity index (χ1v) is 10.1. The molecule has 2 rings (SSSR count). The average molecular weight is 416 g/mol. The number of halogens is 1. The van der Waals surface area contributed by atoms with Crippen molar-refractivity contribution in [3.63, 3.8) is 0 Å². The molecular formula is C18H26BrNO3S. The molecule has 0 atom stereocenters. The lowest BCUT2D eigenvalue weighted by Crippen LogP contribution is -2.42. The Morgan fingerprint density at radius 2 is 1.88 bits per heavy atom. The molecular weight excluding hydrogens is 390 g/mol. The minimum Gasteiger partial charge on any atom is -0.444 e. The number of likely N-dealkylation sites (tertiary alicyclic amines) is 1. The molecule has 6 heteroatoms. The van der Waals surface area contributed by atoms with Crippen molar-refractivity contribution in [3.8, 4) is 0 Å². The zero-order valence-electron chi connectivity index (χ0n) is 14.6. The third kappa shape index (κ3) is 7.03. The van der Waals surface area contributed by atoms with Crippen LogP contribution < -0.4 is 0 Å². The van der Waals surface area contributed by atoms with Gasteiger partial charge in [0.1, 0.15) is 5.60 Å². The van der Waals surface area contributed by atoms with E-state index in [1.54, 1.807) is 16.7 Å². The monoisotopic (exact) mass is 415 g/mol. The molecule has 0 bridgehead atoms. The summed E-state index contributed by atoms with van der Waals surface area (Å²) < 4.78 is 12.3. The van der Waals surface area contributed by atoms with Gasteiger partial charge in [-0.3, -0.25) is 0 Å². The van der Waals surface area contributed by atoms with E-state index in [2.05, 4.69) is 28.1 Å². The average Bonchev–Trinajstić information content (AvgIpc) is 2.52. The van der Waals surface area contributed by atoms with Crippen LogP contribution in [0.1, 0.15) is 33.6 Å². The molecule has 0 unspecified atom stereocenters. The lowest BCUT2D eigenvalue weighted by molar-refractivity contribution is 0.0139. The van der Waals surface area contributed by atoms with Crippen LogP contribution >= 0.6 is 27.7 Å². The topological polar surface area (TPSA) is 38.8 Å². The van der Waals surface area contributed by atoms with E-state index in [1.165, 1.54) is 4.90 Å². The molecule has 1 fully saturated rings. The standard InChI is InChI=1S/C18H26BrNO3S/c1-18(2,3)23-17(21)20-10-8-14(9-11-20)12-22-13-24-16-6-4-15(19)5-7-16/h4-7,14H,8-13H2,1-3H3. The van der Waals surface area contributed by atoms with Crippen molar-refractivity contribution in [2.24, 2.45) is 5.92 Å². The van der Waals surface area contributed by atoms with Crippen LogP contribution in [0.3, 0.4) is 0 Å². The molecule has 1 aliphatic heterocycles. The Balaban J connectivity index is 1.61. The summed E-state index contributed by atoms with van der Waals surface area (Å²) in [6, 6.07) is 8.23. The molecule has 0 N–H and O–H groups in total. The van der Waals surface area contributed by atoms with E-state index in [9.17, 15) is 4.79 Å². The van der Waals surface area contributed by atoms with Gasteiger partial charge in [-0.25, -0.2) is 4.79 Å². The molecule has 24 heavy (non-hydrogen) atoms. The first-order valence-electron chi connectivity index (χ1n) is 8.27. The molecule has 134 valence electrons. The SMILES string of the molecule is CC(C)(C)OC(=O)N1CCC(COCSc2ccc(Br)cc2)CC1. The van der Waals surface area contributed by atoms with Crippen molar-refractivity contribution in [1.82, 2.24) is 4.90 Å². The van der Waals surface area contributed by atoms with E-state index in [4.69, 9.17) is 9.47 Å². The summed E-state index contributed by atoms with van der Waals surface area (Å²) in [4.78, 5) is 15.0. The molecule has 0 saturated carbocycles. The van der Waals surface area contributed by atoms with E-state index in [1.807, 2.05) is 32.9 Å². The van der Waals surface area contributed by atoms with Gasteiger partial charge in [-0.15, -0.1) is 0 Å². The first-order chi connectivity index (χ1) is 11.3. The molecule has 1 saturated heterocycles. The minimum absolute atomic E-state index is 0.201. The van der Waals surface area contributed by atoms with Crippen LogP contribution in [0.2, 0.25) is 0 Å². The van der Waals surface area contributed by atoms with E-state index < -0.39 is 5.60 Å². The van der Waals surface area contributed by atoms with Gasteiger partial charge in [-0.2, -0.15) is 0 Å². The maximum Gasteiger partial charge on any atom is 0.410 e. The minimum atomic E-state index is -0.429. The van der Waals surface area contributed by atoms with E-state index >= 15 is 0 Å². The van der Waals surface area contributed by atoms with Crippen molar-refractivity contribution in [3.05, 3.63) is 28.7 Å². The van der Waals surface area contributed by atoms with Crippen LogP contribution in [0, 0.1) is 5.92 Å². The number of amides is 1. The highest BCUT2D eigenvalue weighted by Gasteiger charge is 2.26. The van der Waals surface area contributed by atoms with E-state index in [0.717, 1.165) is 37.0 Å². The van der Waals surface area contributed by atoms with Crippen LogP contribution in [-0.2, 0) is 9.47 Å². The number of nitrogens with zero attached hydrogens (tertiary/aromatic N) is 1. The van der Waals surface area contributed by atoms with Crippen molar-refractivity contribution >= 4 is 33.8 Å². The van der Waals surface area contributed by atoms with E-state index in [0.29, 0.717) is 11.9 Å². The molecule has 0 aliphatic carbocycles. The van der Waals surface area contributed by atoms with Gasteiger partial charge >= 0.3 is 6.09 Å². The smallest absolute Gasteiger partial charge is 0.410 e. The van der Waals surface area contributed by atoms with Crippen molar-refractivity contribution in [2.45, 2.75) is 44.1 Å². The Kier molecular flexibility index (Phi) is 7.44. The molecule has 1 aromatic carbocycles. The van der Waals surface area contributed by atoms with Gasteiger partial charge in [-0.05, 0) is 63.8 Å². The third-order valence-corrected chi connectivity index (χ3v) is 5.16. The molecule has 1 aromatic rings. The van der Waals surface area contributed by atoms with Gasteiger partial charge in [0.05, 0.1) is 12.5 Å². The zero-order chi connectivity index (χ0) is 17.6. The number of thioether (sulfide) groups is 1. The number of benzene rings is 1. The highest BCUT2D eigenvalue weighted by Crippen LogP contribution is 2.23. The summed E-state index contributed by atoms with van der Waals surface area (Å²) in [7, 11) is 0. The van der Waals surface area contributed by atoms with Gasteiger partial charge in [0.15, 0.2) is 0 Å². The number of hydrogen-bond donors (Lipinski definition) is 0. The summed E-state index contributed by atoms with van der Waals surface area (Å²) in [6.45, 7) is 7.95. The lowest BCUT2D eigenvalue weighted by Gasteiger charge is -2.33. The van der Waals surface area contributed by atoms with Crippen LogP contribution in [0.15, 0.2) is 33.6 Å². The van der Waals surface area contributed by atoms with Crippen LogP contribution in [0.4, 0.5) is 4.79 Å². The second-order valence-electron chi connectivity index (χ2n) is 7.00. The first kappa shape index (κ1) is 19.6. The van der Waals surface area contributed by atoms with Gasteiger partial charge in [0, 0.05) is 22.5 Å². The Morgan fingerprint density at radius 1 is 1.25 bits per heavy atom. The maximum absolute atomic E-state index is 12.0. The predicted octanol–water partition coefficient (Wildman–Crippen LogP) is 5.16. The van der Waals surface area contributed by atoms with Crippen molar-refractivity contribution in [1.29, 1.82) is 0 Å². The summed E-state index contributed by atoms with van der Waals surface area (Å²) in [6.07, 6.45) is 1.75. The van der Waals surface area contributed by atoms with Crippen LogP contribution in [-0.4, -0.2) is 42.2 Å². The Bertz CT molecular complexity index is 522. The van der Waals surface area contributed by atoms with Crippen molar-refractivity contribution in [2.75, 3.05) is 25.6 Å². The summed E-state index contributed by atoms with van der Waals surface area (Å²) in [5, 5.41) is 0. The number of carbonyl (C=O) groups excluding carboxylic acids is 1. The quantitative estimate of drug-likeness (QED) is 0.378. The predicted molar refractivity (Wildman–Crippen MR) is 101 cm³/mol. The highest BCUT2D eigenvalue weighted by atomic mass is 79.9. The fourth-order valence-corrected chi connectivity index (χ4v) is 3.37. The number of carbonyl (C=O) groups is 1. The van der Waals surface area contributed by atoms with Gasteiger partial charge in [-0.1, -0.05) is 27.7 Å². The maximum atomic E-state index is 12.0. The normalized spacial score (nSPS) is 16.2. The van der Waals surface area contributed by atoms with Crippen molar-refractivity contribution < 1.29 is 14.3 Å². The molecule has 1 amide bonds. The third-order valence-electron chi connectivity index (χ3n) is 3.74. The Hall–Kier alpha value is -0.720. The molecule has 0 spiro atoms. The fourth-order valence-electron chi connectivity index (χ4n) is 2.46. The van der Waals surface area contributed by atoms with Crippen LogP contribution in [0.5, 0.6) is 0 Å². The second-order valence-corrected chi connectivity index (χ2v) is 8.91. The number of piperidine rings is 1. The van der Waals surface area contributed by atoms with Gasteiger partial charge < -0.3 is 14.4 Å². The summed E-state index contributed by atoms with van der Waals surface area (Å²) in [5.74, 6) is 1.18. The highest BCUT2D eigenvalue weighted by molar-refractivity contribution is 9.10. The molecule has 1 heterocycles. The second kappa shape index (κ2) is 9.11. The largest absolute Gasteiger partial charge is 0.444 e. The molecule has 0 radical (unpaired) electrons. The van der Waals surface area contributed by atoms with Gasteiger partial charge in [0.2, 0.25) is 0 Å². The van der Waals surface area contributed by atoms with E-state index in [-0.39, 0.29) is 6.09 Å². The van der Waals surface area contributed by atoms with Crippen LogP contribution in [0.25, 0.3) is 0 Å². The Labute approximate surface area is 157 Å². The van der Waals surface area contributed by atoms with Gasteiger partial charge in [0.25, 0.3) is 0 Å². The number of hydrogen-bond acceptors (Lipinski definition) is 4. The molecule has 4 nitrogen and oxygen atoms in total. The Morgan fingerprint density at radius 3 is 2.46 bits per heavy atom.